The van der Waals surface area contributed by atoms with Gasteiger partial charge in [-0.15, -0.1) is 0 Å². The lowest BCUT2D eigenvalue weighted by Crippen LogP contribution is -2.38. The van der Waals surface area contributed by atoms with Crippen LogP contribution in [0.4, 0.5) is 0 Å². The van der Waals surface area contributed by atoms with Crippen LogP contribution in [-0.2, 0) is 0 Å². The molecule has 1 heterocycles. The Morgan fingerprint density at radius 3 is 2.77 bits per heavy atom. The summed E-state index contributed by atoms with van der Waals surface area (Å²) in [6, 6.07) is 4.78. The van der Waals surface area contributed by atoms with Gasteiger partial charge < -0.3 is 10.6 Å². The Labute approximate surface area is 134 Å². The van der Waals surface area contributed by atoms with Gasteiger partial charge in [0.2, 0.25) is 0 Å². The van der Waals surface area contributed by atoms with Crippen molar-refractivity contribution in [1.29, 1.82) is 10.5 Å². The molecule has 0 aromatic heterocycles. The average molecular weight is 304 g/mol. The summed E-state index contributed by atoms with van der Waals surface area (Å²) < 4.78 is 0. The highest BCUT2D eigenvalue weighted by molar-refractivity contribution is 5.87. The van der Waals surface area contributed by atoms with Crippen LogP contribution < -0.4 is 10.6 Å². The topological polar surface area (TPSA) is 87.2 Å². The van der Waals surface area contributed by atoms with E-state index in [9.17, 15) is 0 Å². The first-order valence-electron chi connectivity index (χ1n) is 8.23. The van der Waals surface area contributed by atoms with E-state index in [2.05, 4.69) is 34.6 Å². The van der Waals surface area contributed by atoms with Gasteiger partial charge in [0.25, 0.3) is 0 Å². The molecule has 0 fully saturated rings. The summed E-state index contributed by atoms with van der Waals surface area (Å²) in [5, 5.41) is 23.7. The zero-order chi connectivity index (χ0) is 16.0. The second-order valence-corrected chi connectivity index (χ2v) is 5.60. The van der Waals surface area contributed by atoms with E-state index < -0.39 is 0 Å². The Morgan fingerprint density at radius 1 is 1.23 bits per heavy atom. The monoisotopic (exact) mass is 304 g/mol. The molecule has 1 aliphatic rings. The summed E-state index contributed by atoms with van der Waals surface area (Å²) in [4.78, 5) is 6.96. The van der Waals surface area contributed by atoms with E-state index in [0.717, 1.165) is 45.6 Å². The highest BCUT2D eigenvalue weighted by Gasteiger charge is 2.15. The summed E-state index contributed by atoms with van der Waals surface area (Å²) in [6.45, 7) is 7.16. The molecule has 0 bridgehead atoms. The summed E-state index contributed by atoms with van der Waals surface area (Å²) in [7, 11) is 0. The van der Waals surface area contributed by atoms with Gasteiger partial charge in [0.1, 0.15) is 0 Å². The van der Waals surface area contributed by atoms with Crippen molar-refractivity contribution in [2.75, 3.05) is 45.8 Å². The SMILES string of the molecule is CCC1CCCC(CN(CC#N)CCNCCNCC#N)=N1. The van der Waals surface area contributed by atoms with Crippen molar-refractivity contribution in [2.24, 2.45) is 4.99 Å². The van der Waals surface area contributed by atoms with Gasteiger partial charge in [-0.2, -0.15) is 10.5 Å². The Hall–Kier alpha value is -1.47. The van der Waals surface area contributed by atoms with Crippen LogP contribution in [0.3, 0.4) is 0 Å². The van der Waals surface area contributed by atoms with E-state index >= 15 is 0 Å². The molecule has 0 saturated carbocycles. The summed E-state index contributed by atoms with van der Waals surface area (Å²) in [6.07, 6.45) is 4.61. The van der Waals surface area contributed by atoms with E-state index in [1.165, 1.54) is 18.6 Å². The van der Waals surface area contributed by atoms with Crippen molar-refractivity contribution < 1.29 is 0 Å². The predicted octanol–water partition coefficient (Wildman–Crippen LogP) is 0.918. The highest BCUT2D eigenvalue weighted by Crippen LogP contribution is 2.16. The smallest absolute Gasteiger partial charge is 0.0869 e. The number of nitriles is 2. The maximum atomic E-state index is 8.97. The third-order valence-corrected chi connectivity index (χ3v) is 3.83. The molecule has 122 valence electrons. The Kier molecular flexibility index (Phi) is 10.2. The number of rotatable bonds is 11. The second-order valence-electron chi connectivity index (χ2n) is 5.60. The fourth-order valence-corrected chi connectivity index (χ4v) is 2.60. The van der Waals surface area contributed by atoms with Crippen molar-refractivity contribution in [2.45, 2.75) is 38.6 Å². The fraction of sp³-hybridized carbons (Fsp3) is 0.812. The third-order valence-electron chi connectivity index (χ3n) is 3.83. The highest BCUT2D eigenvalue weighted by atomic mass is 15.1. The van der Waals surface area contributed by atoms with E-state index in [1.54, 1.807) is 0 Å². The quantitative estimate of drug-likeness (QED) is 0.438. The summed E-state index contributed by atoms with van der Waals surface area (Å²) >= 11 is 0. The minimum absolute atomic E-state index is 0.390. The Bertz CT molecular complexity index is 406. The largest absolute Gasteiger partial charge is 0.314 e. The molecule has 0 amide bonds. The molecule has 1 aliphatic heterocycles. The lowest BCUT2D eigenvalue weighted by molar-refractivity contribution is 0.340. The van der Waals surface area contributed by atoms with E-state index in [1.807, 2.05) is 0 Å². The molecule has 1 atom stereocenters. The van der Waals surface area contributed by atoms with Crippen LogP contribution in [0.5, 0.6) is 0 Å². The first-order valence-corrected chi connectivity index (χ1v) is 8.23. The van der Waals surface area contributed by atoms with Crippen molar-refractivity contribution in [3.8, 4) is 12.1 Å². The van der Waals surface area contributed by atoms with E-state index in [4.69, 9.17) is 15.5 Å². The molecule has 0 aliphatic carbocycles. The van der Waals surface area contributed by atoms with Gasteiger partial charge in [-0.1, -0.05) is 6.92 Å². The fourth-order valence-electron chi connectivity index (χ4n) is 2.60. The van der Waals surface area contributed by atoms with Gasteiger partial charge in [-0.05, 0) is 25.7 Å². The van der Waals surface area contributed by atoms with Crippen molar-refractivity contribution in [3.63, 3.8) is 0 Å². The lowest BCUT2D eigenvalue weighted by Gasteiger charge is -2.24. The number of hydrogen-bond acceptors (Lipinski definition) is 6. The van der Waals surface area contributed by atoms with E-state index in [0.29, 0.717) is 19.1 Å². The number of aliphatic imine (C=N–C) groups is 1. The first kappa shape index (κ1) is 18.6. The minimum Gasteiger partial charge on any atom is -0.314 e. The molecule has 6 nitrogen and oxygen atoms in total. The van der Waals surface area contributed by atoms with Crippen molar-refractivity contribution in [3.05, 3.63) is 0 Å². The summed E-state index contributed by atoms with van der Waals surface area (Å²) in [5.74, 6) is 0. The van der Waals surface area contributed by atoms with Crippen LogP contribution >= 0.6 is 0 Å². The summed E-state index contributed by atoms with van der Waals surface area (Å²) in [5.41, 5.74) is 1.25. The van der Waals surface area contributed by atoms with Crippen LogP contribution in [0.1, 0.15) is 32.6 Å². The zero-order valence-electron chi connectivity index (χ0n) is 13.6. The molecule has 0 radical (unpaired) electrons. The zero-order valence-corrected chi connectivity index (χ0v) is 13.6. The van der Waals surface area contributed by atoms with Gasteiger partial charge in [0.15, 0.2) is 0 Å². The molecule has 0 aromatic rings. The van der Waals surface area contributed by atoms with Crippen molar-refractivity contribution >= 4 is 5.71 Å². The second kappa shape index (κ2) is 12.1. The maximum absolute atomic E-state index is 8.97. The average Bonchev–Trinajstić information content (AvgIpc) is 2.54. The molecule has 0 aromatic carbocycles. The van der Waals surface area contributed by atoms with Gasteiger partial charge in [-0.25, -0.2) is 0 Å². The molecule has 1 unspecified atom stereocenters. The van der Waals surface area contributed by atoms with Gasteiger partial charge in [-0.3, -0.25) is 9.89 Å². The van der Waals surface area contributed by atoms with Crippen LogP contribution in [0.25, 0.3) is 0 Å². The number of nitrogens with zero attached hydrogens (tertiary/aromatic N) is 4. The molecular weight excluding hydrogens is 276 g/mol. The maximum Gasteiger partial charge on any atom is 0.0869 e. The van der Waals surface area contributed by atoms with Crippen molar-refractivity contribution in [1.82, 2.24) is 15.5 Å². The van der Waals surface area contributed by atoms with Gasteiger partial charge in [0, 0.05) is 44.5 Å². The lowest BCUT2D eigenvalue weighted by atomic mass is 10.0. The first-order chi connectivity index (χ1) is 10.8. The molecule has 2 N–H and O–H groups in total. The normalized spacial score (nSPS) is 17.8. The number of hydrogen-bond donors (Lipinski definition) is 2. The van der Waals surface area contributed by atoms with Crippen LogP contribution in [-0.4, -0.2) is 62.5 Å². The standard InChI is InChI=1S/C16H28N6/c1-2-15-4-3-5-16(21-15)14-22(12-7-18)13-11-20-10-9-19-8-6-17/h15,19-20H,2-5,8-14H2,1H3. The van der Waals surface area contributed by atoms with E-state index in [-0.39, 0.29) is 0 Å². The van der Waals surface area contributed by atoms with Gasteiger partial charge >= 0.3 is 0 Å². The minimum atomic E-state index is 0.390. The number of nitrogens with one attached hydrogen (secondary N) is 2. The molecule has 0 saturated heterocycles. The van der Waals surface area contributed by atoms with Crippen LogP contribution in [0.2, 0.25) is 0 Å². The Morgan fingerprint density at radius 2 is 2.05 bits per heavy atom. The van der Waals surface area contributed by atoms with Gasteiger partial charge in [0.05, 0.1) is 25.2 Å². The molecule has 0 spiro atoms. The van der Waals surface area contributed by atoms with Crippen LogP contribution in [0.15, 0.2) is 4.99 Å². The predicted molar refractivity (Wildman–Crippen MR) is 88.8 cm³/mol. The molecule has 1 rings (SSSR count). The van der Waals surface area contributed by atoms with Crippen LogP contribution in [0, 0.1) is 22.7 Å². The molecular formula is C16H28N6. The molecule has 22 heavy (non-hydrogen) atoms. The Balaban J connectivity index is 2.26. The third kappa shape index (κ3) is 8.09. The molecule has 6 heteroatoms.